The molecule has 0 saturated heterocycles. The molecule has 0 saturated carbocycles. The van der Waals surface area contributed by atoms with Gasteiger partial charge in [0.25, 0.3) is 0 Å². The first-order valence-corrected chi connectivity index (χ1v) is 5.53. The molecule has 0 aliphatic heterocycles. The van der Waals surface area contributed by atoms with Gasteiger partial charge in [-0.05, 0) is 15.9 Å². The predicted octanol–water partition coefficient (Wildman–Crippen LogP) is 4.19. The summed E-state index contributed by atoms with van der Waals surface area (Å²) in [5.41, 5.74) is 2.66. The van der Waals surface area contributed by atoms with E-state index in [1.165, 1.54) is 0 Å². The van der Waals surface area contributed by atoms with Crippen molar-refractivity contribution in [1.82, 2.24) is 0 Å². The van der Waals surface area contributed by atoms with Gasteiger partial charge in [-0.2, -0.15) is 0 Å². The minimum Gasteiger partial charge on any atom is -0.291 e. The smallest absolute Gasteiger partial charge is 0.141 e. The van der Waals surface area contributed by atoms with Gasteiger partial charge in [-0.1, -0.05) is 48.5 Å². The fourth-order valence-corrected chi connectivity index (χ4v) is 2.33. The highest BCUT2D eigenvalue weighted by Gasteiger charge is 2.13. The van der Waals surface area contributed by atoms with E-state index in [1.54, 1.807) is 0 Å². The summed E-state index contributed by atoms with van der Waals surface area (Å²) >= 11 is 0. The average Bonchev–Trinajstić information content (AvgIpc) is 2.45. The molecule has 0 amide bonds. The van der Waals surface area contributed by atoms with E-state index in [0.717, 1.165) is 21.5 Å². The van der Waals surface area contributed by atoms with E-state index in [-0.39, 0.29) is 5.69 Å². The maximum Gasteiger partial charge on any atom is 0.141 e. The van der Waals surface area contributed by atoms with Gasteiger partial charge < -0.3 is 0 Å². The molecule has 18 heavy (non-hydrogen) atoms. The molecular formula is C14H10N2O2. The van der Waals surface area contributed by atoms with Gasteiger partial charge in [-0.15, -0.1) is 4.91 Å². The van der Waals surface area contributed by atoms with E-state index in [1.807, 2.05) is 48.5 Å². The van der Waals surface area contributed by atoms with Crippen LogP contribution in [-0.2, 0) is 0 Å². The van der Waals surface area contributed by atoms with Crippen molar-refractivity contribution in [1.29, 1.82) is 0 Å². The Hall–Kier alpha value is -2.46. The molecule has 0 unspecified atom stereocenters. The number of hydrogen-bond donors (Lipinski definition) is 2. The number of fused-ring (bicyclic) bond motifs is 3. The van der Waals surface area contributed by atoms with Crippen molar-refractivity contribution in [3.05, 3.63) is 53.4 Å². The summed E-state index contributed by atoms with van der Waals surface area (Å²) in [4.78, 5) is 11.0. The van der Waals surface area contributed by atoms with Crippen molar-refractivity contribution < 1.29 is 5.21 Å². The molecule has 0 radical (unpaired) electrons. The lowest BCUT2D eigenvalue weighted by Gasteiger charge is -2.11. The van der Waals surface area contributed by atoms with Crippen LogP contribution in [0.1, 0.15) is 0 Å². The number of anilines is 1. The number of nitrogens with one attached hydrogen (secondary N) is 1. The maximum absolute atomic E-state index is 11.0. The molecule has 0 aliphatic rings. The van der Waals surface area contributed by atoms with Gasteiger partial charge in [-0.25, -0.2) is 0 Å². The van der Waals surface area contributed by atoms with Crippen LogP contribution in [0.15, 0.2) is 53.7 Å². The highest BCUT2D eigenvalue weighted by atomic mass is 16.5. The Labute approximate surface area is 103 Å². The van der Waals surface area contributed by atoms with E-state index in [4.69, 9.17) is 0 Å². The minimum absolute atomic E-state index is 0.229. The molecule has 2 N–H and O–H groups in total. The van der Waals surface area contributed by atoms with Gasteiger partial charge >= 0.3 is 0 Å². The molecule has 3 aromatic carbocycles. The Kier molecular flexibility index (Phi) is 2.42. The fraction of sp³-hybridized carbons (Fsp3) is 0. The minimum atomic E-state index is 0.229. The molecular weight excluding hydrogens is 228 g/mol. The van der Waals surface area contributed by atoms with E-state index < -0.39 is 0 Å². The van der Waals surface area contributed by atoms with Crippen LogP contribution in [-0.4, -0.2) is 5.21 Å². The summed E-state index contributed by atoms with van der Waals surface area (Å²) in [6.45, 7) is 0. The van der Waals surface area contributed by atoms with Gasteiger partial charge in [0.2, 0.25) is 0 Å². The number of benzene rings is 3. The standard InChI is InChI=1S/C14H10N2O2/c17-15-13-11-7-3-1-5-9(11)10-6-2-4-8-12(10)14(13)16-18/h1-8,15,17H. The van der Waals surface area contributed by atoms with Crippen LogP contribution in [0.3, 0.4) is 0 Å². The van der Waals surface area contributed by atoms with Crippen molar-refractivity contribution in [2.75, 3.05) is 5.48 Å². The average molecular weight is 238 g/mol. The zero-order valence-corrected chi connectivity index (χ0v) is 9.42. The van der Waals surface area contributed by atoms with Crippen molar-refractivity contribution in [3.63, 3.8) is 0 Å². The number of rotatable bonds is 2. The molecule has 3 aromatic rings. The van der Waals surface area contributed by atoms with Crippen molar-refractivity contribution in [3.8, 4) is 0 Å². The van der Waals surface area contributed by atoms with E-state index in [2.05, 4.69) is 10.7 Å². The largest absolute Gasteiger partial charge is 0.291 e. The van der Waals surface area contributed by atoms with Crippen LogP contribution in [0.4, 0.5) is 11.4 Å². The molecule has 0 heterocycles. The number of nitroso groups, excluding NO2 is 1. The third kappa shape index (κ3) is 1.36. The first kappa shape index (κ1) is 10.7. The topological polar surface area (TPSA) is 61.7 Å². The summed E-state index contributed by atoms with van der Waals surface area (Å²) in [6, 6.07) is 15.1. The molecule has 0 spiro atoms. The lowest BCUT2D eigenvalue weighted by atomic mass is 9.99. The second-order valence-corrected chi connectivity index (χ2v) is 4.02. The normalized spacial score (nSPS) is 10.7. The third-order valence-electron chi connectivity index (χ3n) is 3.11. The first-order chi connectivity index (χ1) is 8.86. The lowest BCUT2D eigenvalue weighted by molar-refractivity contribution is 0.390. The zero-order chi connectivity index (χ0) is 12.5. The third-order valence-corrected chi connectivity index (χ3v) is 3.11. The Morgan fingerprint density at radius 3 is 1.89 bits per heavy atom. The summed E-state index contributed by atoms with van der Waals surface area (Å²) in [5, 5.41) is 15.7. The van der Waals surface area contributed by atoms with Crippen LogP contribution in [0.2, 0.25) is 0 Å². The molecule has 0 aromatic heterocycles. The number of hydrogen-bond acceptors (Lipinski definition) is 4. The van der Waals surface area contributed by atoms with Gasteiger partial charge in [-0.3, -0.25) is 10.7 Å². The van der Waals surface area contributed by atoms with Gasteiger partial charge in [0.1, 0.15) is 5.69 Å². The fourth-order valence-electron chi connectivity index (χ4n) is 2.33. The molecule has 3 rings (SSSR count). The molecule has 0 bridgehead atoms. The number of nitrogens with zero attached hydrogens (tertiary/aromatic N) is 1. The molecule has 4 heteroatoms. The summed E-state index contributed by atoms with van der Waals surface area (Å²) in [7, 11) is 0. The summed E-state index contributed by atoms with van der Waals surface area (Å²) in [6.07, 6.45) is 0. The highest BCUT2D eigenvalue weighted by Crippen LogP contribution is 2.41. The Morgan fingerprint density at radius 1 is 0.833 bits per heavy atom. The van der Waals surface area contributed by atoms with Crippen LogP contribution < -0.4 is 5.48 Å². The quantitative estimate of drug-likeness (QED) is 0.399. The second kappa shape index (κ2) is 4.09. The molecule has 0 atom stereocenters. The van der Waals surface area contributed by atoms with Crippen molar-refractivity contribution in [2.24, 2.45) is 5.18 Å². The first-order valence-electron chi connectivity index (χ1n) is 5.53. The molecule has 4 nitrogen and oxygen atoms in total. The monoisotopic (exact) mass is 238 g/mol. The van der Waals surface area contributed by atoms with Gasteiger partial charge in [0, 0.05) is 10.8 Å². The second-order valence-electron chi connectivity index (χ2n) is 4.02. The summed E-state index contributed by atoms with van der Waals surface area (Å²) < 4.78 is 0. The molecule has 0 aliphatic carbocycles. The van der Waals surface area contributed by atoms with Gasteiger partial charge in [0.05, 0.1) is 5.69 Å². The van der Waals surface area contributed by atoms with Crippen LogP contribution in [0.25, 0.3) is 21.5 Å². The van der Waals surface area contributed by atoms with E-state index >= 15 is 0 Å². The van der Waals surface area contributed by atoms with Crippen molar-refractivity contribution in [2.45, 2.75) is 0 Å². The SMILES string of the molecule is O=Nc1c(NO)c2ccccc2c2ccccc12. The highest BCUT2D eigenvalue weighted by molar-refractivity contribution is 6.19. The molecule has 0 fully saturated rings. The van der Waals surface area contributed by atoms with Crippen molar-refractivity contribution >= 4 is 32.9 Å². The Balaban J connectivity index is 2.65. The van der Waals surface area contributed by atoms with Crippen LogP contribution in [0, 0.1) is 4.91 Å². The predicted molar refractivity (Wildman–Crippen MR) is 72.3 cm³/mol. The Morgan fingerprint density at radius 2 is 1.33 bits per heavy atom. The van der Waals surface area contributed by atoms with E-state index in [0.29, 0.717) is 5.69 Å². The summed E-state index contributed by atoms with van der Waals surface area (Å²) in [5.74, 6) is 0. The van der Waals surface area contributed by atoms with Gasteiger partial charge in [0.15, 0.2) is 0 Å². The Bertz CT molecular complexity index is 753. The molecule has 88 valence electrons. The maximum atomic E-state index is 11.0. The van der Waals surface area contributed by atoms with E-state index in [9.17, 15) is 10.1 Å². The zero-order valence-electron chi connectivity index (χ0n) is 9.42. The van der Waals surface area contributed by atoms with Crippen LogP contribution in [0.5, 0.6) is 0 Å². The van der Waals surface area contributed by atoms with Crippen LogP contribution >= 0.6 is 0 Å². The lowest BCUT2D eigenvalue weighted by Crippen LogP contribution is -1.92.